The number of aromatic nitrogens is 4. The molecule has 4 aromatic rings. The van der Waals surface area contributed by atoms with E-state index in [4.69, 9.17) is 0 Å². The van der Waals surface area contributed by atoms with Gasteiger partial charge in [0, 0.05) is 28.8 Å². The summed E-state index contributed by atoms with van der Waals surface area (Å²) in [6, 6.07) is 10.3. The molecule has 0 aliphatic heterocycles. The Balaban J connectivity index is 1.90. The Morgan fingerprint density at radius 1 is 1.25 bits per heavy atom. The van der Waals surface area contributed by atoms with E-state index >= 15 is 0 Å². The molecule has 0 aliphatic rings. The van der Waals surface area contributed by atoms with Crippen LogP contribution in [0.15, 0.2) is 55.0 Å². The molecule has 3 heterocycles. The van der Waals surface area contributed by atoms with Gasteiger partial charge in [-0.05, 0) is 38.1 Å². The molecule has 0 bridgehead atoms. The zero-order valence-corrected chi connectivity index (χ0v) is 15.9. The lowest BCUT2D eigenvalue weighted by Gasteiger charge is -2.24. The summed E-state index contributed by atoms with van der Waals surface area (Å²) in [5.41, 5.74) is 1.75. The molecule has 0 aliphatic carbocycles. The number of pyridine rings is 1. The third kappa shape index (κ3) is 2.94. The summed E-state index contributed by atoms with van der Waals surface area (Å²) in [6.45, 7) is 3.51. The van der Waals surface area contributed by atoms with Crippen LogP contribution in [0.3, 0.4) is 0 Å². The number of halogens is 1. The Kier molecular flexibility index (Phi) is 4.41. The van der Waals surface area contributed by atoms with E-state index in [9.17, 15) is 9.50 Å². The van der Waals surface area contributed by atoms with E-state index < -0.39 is 11.4 Å². The highest BCUT2D eigenvalue weighted by Crippen LogP contribution is 2.33. The number of nitrogens with zero attached hydrogens (tertiary/aromatic N) is 4. The van der Waals surface area contributed by atoms with E-state index in [1.807, 2.05) is 43.7 Å². The van der Waals surface area contributed by atoms with Crippen LogP contribution in [0.1, 0.15) is 30.8 Å². The molecule has 3 aromatic heterocycles. The summed E-state index contributed by atoms with van der Waals surface area (Å²) < 4.78 is 16.4. The number of nitrogens with two attached hydrogens (primary N) is 1. The highest BCUT2D eigenvalue weighted by atomic mass is 19.1. The predicted octanol–water partition coefficient (Wildman–Crippen LogP) is 2.23. The van der Waals surface area contributed by atoms with Gasteiger partial charge in [-0.15, -0.1) is 0 Å². The summed E-state index contributed by atoms with van der Waals surface area (Å²) in [4.78, 5) is 8.49. The molecule has 1 aromatic carbocycles. The minimum atomic E-state index is -1.63. The number of aliphatic hydroxyl groups is 1. The first-order chi connectivity index (χ1) is 13.4. The third-order valence-corrected chi connectivity index (χ3v) is 4.90. The minimum absolute atomic E-state index is 0.149. The van der Waals surface area contributed by atoms with Crippen molar-refractivity contribution >= 4 is 22.1 Å². The Labute approximate surface area is 161 Å². The molecule has 7 heteroatoms. The summed E-state index contributed by atoms with van der Waals surface area (Å²) in [7, 11) is 1.94. The zero-order valence-electron chi connectivity index (χ0n) is 15.9. The average molecular weight is 378 g/mol. The fourth-order valence-corrected chi connectivity index (χ4v) is 3.36. The van der Waals surface area contributed by atoms with Gasteiger partial charge in [0.2, 0.25) is 0 Å². The number of hydrogen-bond donors (Lipinski definition) is 2. The van der Waals surface area contributed by atoms with Crippen molar-refractivity contribution in [2.24, 2.45) is 0 Å². The van der Waals surface area contributed by atoms with Crippen LogP contribution in [0, 0.1) is 5.82 Å². The van der Waals surface area contributed by atoms with Crippen LogP contribution in [-0.2, 0) is 5.60 Å². The molecule has 1 unspecified atom stereocenters. The molecule has 3 N–H and O–H groups in total. The van der Waals surface area contributed by atoms with Gasteiger partial charge in [-0.25, -0.2) is 13.9 Å². The van der Waals surface area contributed by atoms with Crippen molar-refractivity contribution in [3.63, 3.8) is 0 Å². The Morgan fingerprint density at radius 2 is 2.07 bits per heavy atom. The highest BCUT2D eigenvalue weighted by Gasteiger charge is 2.33. The van der Waals surface area contributed by atoms with Gasteiger partial charge in [-0.1, -0.05) is 6.07 Å². The number of allylic oxidation sites excluding steroid dienone is 1. The standard InChI is InChI=1S/C21H20FN5O/c1-13(11-23-3)17-6-7-20-25-12-19(27(20)26-17)21(2,28)15-9-14-5-4-8-24-18(14)10-16(15)22/h4-12,23,28H,1-3H3/p+1. The zero-order chi connectivity index (χ0) is 19.9. The Morgan fingerprint density at radius 3 is 2.86 bits per heavy atom. The van der Waals surface area contributed by atoms with Gasteiger partial charge in [0.1, 0.15) is 11.4 Å². The molecule has 0 radical (unpaired) electrons. The molecular formula is C21H21FN5O+. The Hall–Kier alpha value is -3.16. The largest absolute Gasteiger partial charge is 0.379 e. The molecule has 142 valence electrons. The molecule has 0 spiro atoms. The number of hydrogen-bond acceptors (Lipinski definition) is 4. The summed E-state index contributed by atoms with van der Waals surface area (Å²) in [5.74, 6) is -0.529. The van der Waals surface area contributed by atoms with Crippen molar-refractivity contribution in [2.45, 2.75) is 19.4 Å². The fourth-order valence-electron chi connectivity index (χ4n) is 3.36. The SMILES string of the molecule is C[NH2+]C=C(C)c1ccc2ncc(C(C)(O)c3cc4cccnc4cc3F)n2n1. The first kappa shape index (κ1) is 18.2. The smallest absolute Gasteiger partial charge is 0.153 e. The summed E-state index contributed by atoms with van der Waals surface area (Å²) >= 11 is 0. The maximum Gasteiger partial charge on any atom is 0.153 e. The molecule has 0 saturated carbocycles. The van der Waals surface area contributed by atoms with Crippen LogP contribution in [0.5, 0.6) is 0 Å². The van der Waals surface area contributed by atoms with Gasteiger partial charge in [-0.2, -0.15) is 5.10 Å². The van der Waals surface area contributed by atoms with E-state index in [0.717, 1.165) is 16.7 Å². The Bertz CT molecular complexity index is 1210. The third-order valence-electron chi connectivity index (χ3n) is 4.90. The van der Waals surface area contributed by atoms with Crippen LogP contribution < -0.4 is 5.32 Å². The monoisotopic (exact) mass is 378 g/mol. The number of imidazole rings is 1. The number of rotatable bonds is 4. The summed E-state index contributed by atoms with van der Waals surface area (Å²) in [5, 5.41) is 18.6. The van der Waals surface area contributed by atoms with Crippen molar-refractivity contribution < 1.29 is 14.8 Å². The normalized spacial score (nSPS) is 14.5. The molecule has 0 saturated heterocycles. The van der Waals surface area contributed by atoms with Gasteiger partial charge >= 0.3 is 0 Å². The fraction of sp³-hybridized carbons (Fsp3) is 0.190. The molecule has 0 fully saturated rings. The van der Waals surface area contributed by atoms with Gasteiger partial charge < -0.3 is 10.4 Å². The average Bonchev–Trinajstić information content (AvgIpc) is 3.11. The van der Waals surface area contributed by atoms with Crippen molar-refractivity contribution in [1.29, 1.82) is 0 Å². The molecule has 1 atom stereocenters. The predicted molar refractivity (Wildman–Crippen MR) is 105 cm³/mol. The lowest BCUT2D eigenvalue weighted by Crippen LogP contribution is -2.72. The second-order valence-corrected chi connectivity index (χ2v) is 6.92. The second kappa shape index (κ2) is 6.78. The van der Waals surface area contributed by atoms with Crippen LogP contribution in [0.2, 0.25) is 0 Å². The maximum atomic E-state index is 14.9. The topological polar surface area (TPSA) is 79.9 Å². The van der Waals surface area contributed by atoms with Crippen LogP contribution in [-0.4, -0.2) is 31.7 Å². The van der Waals surface area contributed by atoms with Crippen molar-refractivity contribution in [2.75, 3.05) is 7.05 Å². The van der Waals surface area contributed by atoms with Crippen molar-refractivity contribution in [1.82, 2.24) is 19.6 Å². The van der Waals surface area contributed by atoms with Gasteiger partial charge in [0.15, 0.2) is 5.65 Å². The molecule has 6 nitrogen and oxygen atoms in total. The second-order valence-electron chi connectivity index (χ2n) is 6.92. The molecule has 4 rings (SSSR count). The van der Waals surface area contributed by atoms with Gasteiger partial charge in [-0.3, -0.25) is 4.98 Å². The van der Waals surface area contributed by atoms with Crippen molar-refractivity contribution in [3.8, 4) is 0 Å². The van der Waals surface area contributed by atoms with E-state index in [1.165, 1.54) is 12.3 Å². The first-order valence-corrected chi connectivity index (χ1v) is 9.01. The highest BCUT2D eigenvalue weighted by molar-refractivity contribution is 5.79. The number of fused-ring (bicyclic) bond motifs is 2. The van der Waals surface area contributed by atoms with Crippen LogP contribution in [0.25, 0.3) is 22.1 Å². The van der Waals surface area contributed by atoms with Gasteiger partial charge in [0.05, 0.1) is 36.3 Å². The number of quaternary nitrogens is 1. The molecule has 0 amide bonds. The lowest BCUT2D eigenvalue weighted by atomic mass is 9.91. The molecule has 28 heavy (non-hydrogen) atoms. The number of benzene rings is 1. The summed E-state index contributed by atoms with van der Waals surface area (Å²) in [6.07, 6.45) is 5.10. The quantitative estimate of drug-likeness (QED) is 0.571. The van der Waals surface area contributed by atoms with E-state index in [0.29, 0.717) is 16.9 Å². The van der Waals surface area contributed by atoms with Crippen molar-refractivity contribution in [3.05, 3.63) is 77.8 Å². The lowest BCUT2D eigenvalue weighted by molar-refractivity contribution is -0.555. The van der Waals surface area contributed by atoms with E-state index in [-0.39, 0.29) is 5.56 Å². The van der Waals surface area contributed by atoms with Crippen LogP contribution in [0.4, 0.5) is 4.39 Å². The minimum Gasteiger partial charge on any atom is -0.379 e. The maximum absolute atomic E-state index is 14.9. The first-order valence-electron chi connectivity index (χ1n) is 9.01. The van der Waals surface area contributed by atoms with E-state index in [1.54, 1.807) is 29.8 Å². The van der Waals surface area contributed by atoms with Gasteiger partial charge in [0.25, 0.3) is 0 Å². The van der Waals surface area contributed by atoms with E-state index in [2.05, 4.69) is 15.1 Å². The van der Waals surface area contributed by atoms with Crippen LogP contribution >= 0.6 is 0 Å². The molecular weight excluding hydrogens is 357 g/mol.